The van der Waals surface area contributed by atoms with Crippen LogP contribution in [-0.4, -0.2) is 27.0 Å². The molecule has 0 saturated carbocycles. The second kappa shape index (κ2) is 10.3. The molecule has 6 nitrogen and oxygen atoms in total. The average Bonchev–Trinajstić information content (AvgIpc) is 2.88. The van der Waals surface area contributed by atoms with E-state index in [2.05, 4.69) is 0 Å². The minimum absolute atomic E-state index is 0.0107. The second-order valence-electron chi connectivity index (χ2n) is 8.07. The number of ether oxygens (including phenoxy) is 1. The lowest BCUT2D eigenvalue weighted by atomic mass is 10.1. The van der Waals surface area contributed by atoms with Crippen LogP contribution in [0.4, 0.5) is 0 Å². The van der Waals surface area contributed by atoms with Gasteiger partial charge >= 0.3 is 0 Å². The Morgan fingerprint density at radius 3 is 2.38 bits per heavy atom. The molecule has 1 amide bonds. The van der Waals surface area contributed by atoms with Gasteiger partial charge in [-0.2, -0.15) is 0 Å². The molecule has 0 radical (unpaired) electrons. The topological polar surface area (TPSA) is 64.4 Å². The van der Waals surface area contributed by atoms with Crippen molar-refractivity contribution < 1.29 is 9.53 Å². The number of benzene rings is 3. The standard InChI is InChI=1S/C28H29N3O3/c1-4-26(32)30(19-21-13-7-6-8-14-21)20(3)27-29-23-16-10-9-15-22(23)28(33)31(27)24-17-11-12-18-25(24)34-5-2/h6-18,20H,4-5,19H2,1-3H3/t20-/m0/s1. The fraction of sp³-hybridized carbons (Fsp3) is 0.250. The third-order valence-corrected chi connectivity index (χ3v) is 5.87. The lowest BCUT2D eigenvalue weighted by Gasteiger charge is -2.31. The number of hydrogen-bond acceptors (Lipinski definition) is 4. The number of nitrogens with zero attached hydrogens (tertiary/aromatic N) is 3. The second-order valence-corrected chi connectivity index (χ2v) is 8.07. The van der Waals surface area contributed by atoms with Gasteiger partial charge in [-0.15, -0.1) is 0 Å². The lowest BCUT2D eigenvalue weighted by molar-refractivity contribution is -0.133. The van der Waals surface area contributed by atoms with Crippen LogP contribution in [0, 0.1) is 0 Å². The minimum atomic E-state index is -0.459. The Hall–Kier alpha value is -3.93. The maximum absolute atomic E-state index is 13.8. The van der Waals surface area contributed by atoms with Gasteiger partial charge in [0.2, 0.25) is 5.91 Å². The highest BCUT2D eigenvalue weighted by molar-refractivity contribution is 5.79. The molecule has 0 N–H and O–H groups in total. The molecule has 1 heterocycles. The van der Waals surface area contributed by atoms with Crippen LogP contribution in [-0.2, 0) is 11.3 Å². The molecule has 0 unspecified atom stereocenters. The molecule has 174 valence electrons. The summed E-state index contributed by atoms with van der Waals surface area (Å²) >= 11 is 0. The van der Waals surface area contributed by atoms with Crippen molar-refractivity contribution in [2.45, 2.75) is 39.8 Å². The van der Waals surface area contributed by atoms with Crippen LogP contribution in [0.15, 0.2) is 83.7 Å². The zero-order chi connectivity index (χ0) is 24.1. The monoisotopic (exact) mass is 455 g/mol. The number of amides is 1. The summed E-state index contributed by atoms with van der Waals surface area (Å²) in [6.07, 6.45) is 0.352. The fourth-order valence-corrected chi connectivity index (χ4v) is 4.15. The molecule has 1 aromatic heterocycles. The largest absolute Gasteiger partial charge is 0.492 e. The molecule has 0 fully saturated rings. The zero-order valence-corrected chi connectivity index (χ0v) is 19.8. The van der Waals surface area contributed by atoms with Crippen molar-refractivity contribution in [1.82, 2.24) is 14.5 Å². The van der Waals surface area contributed by atoms with E-state index in [4.69, 9.17) is 9.72 Å². The third-order valence-electron chi connectivity index (χ3n) is 5.87. The highest BCUT2D eigenvalue weighted by atomic mass is 16.5. The van der Waals surface area contributed by atoms with E-state index in [-0.39, 0.29) is 11.5 Å². The number of rotatable bonds is 8. The van der Waals surface area contributed by atoms with Crippen LogP contribution in [0.1, 0.15) is 44.6 Å². The summed E-state index contributed by atoms with van der Waals surface area (Å²) in [5.74, 6) is 1.08. The molecule has 3 aromatic carbocycles. The van der Waals surface area contributed by atoms with Crippen molar-refractivity contribution in [1.29, 1.82) is 0 Å². The highest BCUT2D eigenvalue weighted by Crippen LogP contribution is 2.29. The van der Waals surface area contributed by atoms with Gasteiger partial charge < -0.3 is 9.64 Å². The number of aromatic nitrogens is 2. The normalized spacial score (nSPS) is 11.9. The molecule has 6 heteroatoms. The third kappa shape index (κ3) is 4.57. The molecular weight excluding hydrogens is 426 g/mol. The molecule has 0 aliphatic carbocycles. The van der Waals surface area contributed by atoms with Crippen molar-refractivity contribution in [3.05, 3.63) is 101 Å². The number of para-hydroxylation sites is 3. The maximum Gasteiger partial charge on any atom is 0.266 e. The Morgan fingerprint density at radius 1 is 0.971 bits per heavy atom. The highest BCUT2D eigenvalue weighted by Gasteiger charge is 2.27. The fourth-order valence-electron chi connectivity index (χ4n) is 4.15. The van der Waals surface area contributed by atoms with Gasteiger partial charge in [-0.05, 0) is 43.7 Å². The zero-order valence-electron chi connectivity index (χ0n) is 19.8. The van der Waals surface area contributed by atoms with Crippen molar-refractivity contribution in [3.63, 3.8) is 0 Å². The first kappa shape index (κ1) is 23.2. The molecule has 4 rings (SSSR count). The quantitative estimate of drug-likeness (QED) is 0.362. The van der Waals surface area contributed by atoms with E-state index in [1.54, 1.807) is 15.5 Å². The van der Waals surface area contributed by atoms with Gasteiger partial charge in [0, 0.05) is 13.0 Å². The van der Waals surface area contributed by atoms with E-state index in [9.17, 15) is 9.59 Å². The Morgan fingerprint density at radius 2 is 1.65 bits per heavy atom. The summed E-state index contributed by atoms with van der Waals surface area (Å²) in [4.78, 5) is 33.6. The SMILES string of the molecule is CCOc1ccccc1-n1c([C@H](C)N(Cc2ccccc2)C(=O)CC)nc2ccccc2c1=O. The average molecular weight is 456 g/mol. The number of fused-ring (bicyclic) bond motifs is 1. The molecule has 0 bridgehead atoms. The summed E-state index contributed by atoms with van der Waals surface area (Å²) < 4.78 is 7.45. The van der Waals surface area contributed by atoms with Crippen molar-refractivity contribution in [2.75, 3.05) is 6.61 Å². The van der Waals surface area contributed by atoms with Gasteiger partial charge in [0.25, 0.3) is 5.56 Å². The van der Waals surface area contributed by atoms with Gasteiger partial charge in [-0.25, -0.2) is 4.98 Å². The van der Waals surface area contributed by atoms with Crippen LogP contribution < -0.4 is 10.3 Å². The van der Waals surface area contributed by atoms with E-state index in [0.717, 1.165) is 5.56 Å². The molecular formula is C28H29N3O3. The molecule has 0 aliphatic rings. The first-order valence-electron chi connectivity index (χ1n) is 11.6. The predicted molar refractivity (Wildman–Crippen MR) is 134 cm³/mol. The maximum atomic E-state index is 13.8. The van der Waals surface area contributed by atoms with Crippen LogP contribution in [0.3, 0.4) is 0 Å². The van der Waals surface area contributed by atoms with Crippen molar-refractivity contribution in [3.8, 4) is 11.4 Å². The van der Waals surface area contributed by atoms with Gasteiger partial charge in [0.05, 0.1) is 29.2 Å². The molecule has 0 aliphatic heterocycles. The van der Waals surface area contributed by atoms with E-state index in [1.807, 2.05) is 93.6 Å². The smallest absolute Gasteiger partial charge is 0.266 e. The Bertz CT molecular complexity index is 1350. The Kier molecular flexibility index (Phi) is 7.07. The van der Waals surface area contributed by atoms with E-state index in [1.165, 1.54) is 0 Å². The molecule has 0 saturated heterocycles. The summed E-state index contributed by atoms with van der Waals surface area (Å²) in [6.45, 7) is 6.56. The molecule has 4 aromatic rings. The summed E-state index contributed by atoms with van der Waals surface area (Å²) in [5, 5.41) is 0.515. The molecule has 0 spiro atoms. The Labute approximate surface area is 199 Å². The van der Waals surface area contributed by atoms with Gasteiger partial charge in [0.1, 0.15) is 11.6 Å². The van der Waals surface area contributed by atoms with Gasteiger partial charge in [-0.3, -0.25) is 14.2 Å². The predicted octanol–water partition coefficient (Wildman–Crippen LogP) is 5.28. The first-order valence-corrected chi connectivity index (χ1v) is 11.6. The molecule has 34 heavy (non-hydrogen) atoms. The van der Waals surface area contributed by atoms with Gasteiger partial charge in [-0.1, -0.05) is 61.5 Å². The number of carbonyl (C=O) groups is 1. The summed E-state index contributed by atoms with van der Waals surface area (Å²) in [5.41, 5.74) is 2.03. The lowest BCUT2D eigenvalue weighted by Crippen LogP contribution is -2.36. The summed E-state index contributed by atoms with van der Waals surface area (Å²) in [6, 6.07) is 24.1. The van der Waals surface area contributed by atoms with Crippen LogP contribution in [0.5, 0.6) is 5.75 Å². The van der Waals surface area contributed by atoms with E-state index >= 15 is 0 Å². The minimum Gasteiger partial charge on any atom is -0.492 e. The van der Waals surface area contributed by atoms with Crippen LogP contribution >= 0.6 is 0 Å². The Balaban J connectivity index is 1.94. The number of carbonyl (C=O) groups excluding carboxylic acids is 1. The first-order chi connectivity index (χ1) is 16.5. The van der Waals surface area contributed by atoms with Gasteiger partial charge in [0.15, 0.2) is 0 Å². The number of hydrogen-bond donors (Lipinski definition) is 0. The van der Waals surface area contributed by atoms with Crippen LogP contribution in [0.25, 0.3) is 16.6 Å². The van der Waals surface area contributed by atoms with Crippen molar-refractivity contribution in [2.24, 2.45) is 0 Å². The van der Waals surface area contributed by atoms with Crippen LogP contribution in [0.2, 0.25) is 0 Å². The van der Waals surface area contributed by atoms with E-state index in [0.29, 0.717) is 47.7 Å². The van der Waals surface area contributed by atoms with Crippen molar-refractivity contribution >= 4 is 16.8 Å². The molecule has 1 atom stereocenters. The van der Waals surface area contributed by atoms with E-state index < -0.39 is 6.04 Å². The summed E-state index contributed by atoms with van der Waals surface area (Å²) in [7, 11) is 0.